The minimum atomic E-state index is -0.277. The van der Waals surface area contributed by atoms with Crippen LogP contribution in [0.4, 0.5) is 0 Å². The van der Waals surface area contributed by atoms with Crippen molar-refractivity contribution in [2.24, 2.45) is 5.92 Å². The summed E-state index contributed by atoms with van der Waals surface area (Å²) >= 11 is 12.6. The highest BCUT2D eigenvalue weighted by molar-refractivity contribution is 6.42. The molecule has 40 heavy (non-hydrogen) atoms. The van der Waals surface area contributed by atoms with Gasteiger partial charge in [0.15, 0.2) is 0 Å². The molecular formula is C30H32Cl2N4O4. The zero-order valence-electron chi connectivity index (χ0n) is 22.6. The molecule has 2 aromatic carbocycles. The van der Waals surface area contributed by atoms with Gasteiger partial charge in [-0.25, -0.2) is 0 Å². The first-order chi connectivity index (χ1) is 19.2. The fourth-order valence-corrected chi connectivity index (χ4v) is 6.13. The van der Waals surface area contributed by atoms with E-state index in [2.05, 4.69) is 5.16 Å². The Morgan fingerprint density at radius 1 is 0.925 bits per heavy atom. The third-order valence-corrected chi connectivity index (χ3v) is 8.90. The van der Waals surface area contributed by atoms with E-state index < -0.39 is 0 Å². The zero-order chi connectivity index (χ0) is 28.4. The first-order valence-electron chi connectivity index (χ1n) is 13.5. The third-order valence-electron chi connectivity index (χ3n) is 8.16. The van der Waals surface area contributed by atoms with Crippen molar-refractivity contribution in [1.82, 2.24) is 19.9 Å². The predicted molar refractivity (Wildman–Crippen MR) is 153 cm³/mol. The molecule has 10 heteroatoms. The van der Waals surface area contributed by atoms with Crippen LogP contribution in [0.15, 0.2) is 59.1 Å². The van der Waals surface area contributed by atoms with E-state index in [1.165, 1.54) is 0 Å². The molecule has 210 valence electrons. The smallest absolute Gasteiger partial charge is 0.292 e. The summed E-state index contributed by atoms with van der Waals surface area (Å²) in [6.45, 7) is 3.72. The van der Waals surface area contributed by atoms with Crippen LogP contribution in [-0.4, -0.2) is 76.8 Å². The van der Waals surface area contributed by atoms with Gasteiger partial charge in [-0.3, -0.25) is 14.4 Å². The van der Waals surface area contributed by atoms with Crippen LogP contribution < -0.4 is 0 Å². The van der Waals surface area contributed by atoms with E-state index in [9.17, 15) is 14.4 Å². The average Bonchev–Trinajstić information content (AvgIpc) is 3.48. The third kappa shape index (κ3) is 5.88. The Kier molecular flexibility index (Phi) is 8.47. The summed E-state index contributed by atoms with van der Waals surface area (Å²) in [6, 6.07) is 16.5. The number of hydrogen-bond donors (Lipinski definition) is 0. The van der Waals surface area contributed by atoms with Crippen LogP contribution in [0.2, 0.25) is 10.0 Å². The number of carbonyl (C=O) groups excluding carboxylic acids is 3. The van der Waals surface area contributed by atoms with E-state index >= 15 is 0 Å². The van der Waals surface area contributed by atoms with Gasteiger partial charge < -0.3 is 19.2 Å². The Bertz CT molecular complexity index is 1390. The van der Waals surface area contributed by atoms with Crippen LogP contribution in [0, 0.1) is 5.92 Å². The van der Waals surface area contributed by atoms with E-state index in [0.717, 1.165) is 11.1 Å². The molecule has 1 aromatic heterocycles. The molecule has 0 radical (unpaired) electrons. The van der Waals surface area contributed by atoms with E-state index in [1.807, 2.05) is 47.4 Å². The van der Waals surface area contributed by atoms with Gasteiger partial charge in [0.1, 0.15) is 5.69 Å². The summed E-state index contributed by atoms with van der Waals surface area (Å²) in [6.07, 6.45) is 1.90. The van der Waals surface area contributed by atoms with Gasteiger partial charge in [-0.05, 0) is 37.0 Å². The highest BCUT2D eigenvalue weighted by atomic mass is 35.5. The van der Waals surface area contributed by atoms with Gasteiger partial charge in [0.2, 0.25) is 17.6 Å². The van der Waals surface area contributed by atoms with Crippen LogP contribution >= 0.6 is 23.2 Å². The van der Waals surface area contributed by atoms with Gasteiger partial charge in [0.25, 0.3) is 5.91 Å². The summed E-state index contributed by atoms with van der Waals surface area (Å²) in [5.74, 6) is -0.280. The lowest BCUT2D eigenvalue weighted by molar-refractivity contribution is -0.141. The van der Waals surface area contributed by atoms with Crippen LogP contribution in [-0.2, 0) is 9.59 Å². The molecule has 2 aliphatic heterocycles. The number of likely N-dealkylation sites (tertiary alicyclic amines) is 2. The summed E-state index contributed by atoms with van der Waals surface area (Å²) < 4.78 is 5.46. The fraction of sp³-hybridized carbons (Fsp3) is 0.400. The molecule has 2 atom stereocenters. The van der Waals surface area contributed by atoms with Crippen molar-refractivity contribution in [3.8, 4) is 11.3 Å². The number of piperidine rings is 2. The molecule has 0 spiro atoms. The topological polar surface area (TPSA) is 87.0 Å². The van der Waals surface area contributed by atoms with E-state index in [0.29, 0.717) is 61.2 Å². The SMILES string of the molecule is CC(=O)N1CCC(C(=O)N2CC[C@@H](N(C)C(=O)c3cc(-c4ccccc4)no3)[C@H](c3ccc(Cl)c(Cl)c3)C2)CC1. The number of carbonyl (C=O) groups is 3. The van der Waals surface area contributed by atoms with Crippen LogP contribution in [0.3, 0.4) is 0 Å². The molecule has 0 unspecified atom stereocenters. The minimum Gasteiger partial charge on any atom is -0.350 e. The van der Waals surface area contributed by atoms with E-state index in [-0.39, 0.29) is 41.4 Å². The molecule has 5 rings (SSSR count). The maximum Gasteiger partial charge on any atom is 0.292 e. The second-order valence-corrected chi connectivity index (χ2v) is 11.4. The summed E-state index contributed by atoms with van der Waals surface area (Å²) in [5.41, 5.74) is 2.36. The predicted octanol–water partition coefficient (Wildman–Crippen LogP) is 5.36. The first kappa shape index (κ1) is 28.2. The number of hydrogen-bond acceptors (Lipinski definition) is 5. The Balaban J connectivity index is 1.35. The summed E-state index contributed by atoms with van der Waals surface area (Å²) in [4.78, 5) is 44.2. The largest absolute Gasteiger partial charge is 0.350 e. The van der Waals surface area contributed by atoms with Crippen molar-refractivity contribution in [2.45, 2.75) is 38.1 Å². The number of nitrogens with zero attached hydrogens (tertiary/aromatic N) is 4. The molecule has 3 heterocycles. The molecule has 2 fully saturated rings. The number of benzene rings is 2. The standard InChI is InChI=1S/C30H32Cl2N4O4/c1-19(37)35-13-10-21(11-14-35)29(38)36-15-12-27(23(18-36)22-8-9-24(31)25(32)16-22)34(2)30(39)28-17-26(33-40-28)20-6-4-3-5-7-20/h3-9,16-17,21,23,27H,10-15,18H2,1-2H3/t23-,27+/m0/s1. The van der Waals surface area contributed by atoms with Crippen molar-refractivity contribution < 1.29 is 18.9 Å². The Labute approximate surface area is 243 Å². The molecule has 0 bridgehead atoms. The van der Waals surface area contributed by atoms with Gasteiger partial charge in [-0.1, -0.05) is 64.8 Å². The number of aromatic nitrogens is 1. The quantitative estimate of drug-likeness (QED) is 0.404. The van der Waals surface area contributed by atoms with Crippen LogP contribution in [0.1, 0.15) is 48.2 Å². The van der Waals surface area contributed by atoms with Crippen molar-refractivity contribution in [2.75, 3.05) is 33.2 Å². The molecule has 3 aromatic rings. The second-order valence-electron chi connectivity index (χ2n) is 10.6. The molecule has 2 aliphatic rings. The molecule has 0 aliphatic carbocycles. The maximum absolute atomic E-state index is 13.6. The average molecular weight is 584 g/mol. The summed E-state index contributed by atoms with van der Waals surface area (Å²) in [5, 5.41) is 4.98. The fourth-order valence-electron chi connectivity index (χ4n) is 5.82. The highest BCUT2D eigenvalue weighted by Gasteiger charge is 2.39. The normalized spacial score (nSPS) is 19.9. The molecule has 0 N–H and O–H groups in total. The van der Waals surface area contributed by atoms with Gasteiger partial charge in [0.05, 0.1) is 10.0 Å². The Morgan fingerprint density at radius 2 is 1.62 bits per heavy atom. The Morgan fingerprint density at radius 3 is 2.30 bits per heavy atom. The zero-order valence-corrected chi connectivity index (χ0v) is 24.1. The van der Waals surface area contributed by atoms with Crippen LogP contribution in [0.25, 0.3) is 11.3 Å². The lowest BCUT2D eigenvalue weighted by Gasteiger charge is -2.44. The number of amides is 3. The lowest BCUT2D eigenvalue weighted by atomic mass is 9.84. The number of rotatable bonds is 5. The lowest BCUT2D eigenvalue weighted by Crippen LogP contribution is -2.53. The highest BCUT2D eigenvalue weighted by Crippen LogP contribution is 2.36. The molecular weight excluding hydrogens is 551 g/mol. The van der Waals surface area contributed by atoms with Crippen LogP contribution in [0.5, 0.6) is 0 Å². The van der Waals surface area contributed by atoms with Gasteiger partial charge >= 0.3 is 0 Å². The molecule has 0 saturated carbocycles. The van der Waals surface area contributed by atoms with Gasteiger partial charge in [-0.2, -0.15) is 0 Å². The van der Waals surface area contributed by atoms with Gasteiger partial charge in [-0.15, -0.1) is 0 Å². The van der Waals surface area contributed by atoms with E-state index in [1.54, 1.807) is 35.9 Å². The van der Waals surface area contributed by atoms with E-state index in [4.69, 9.17) is 27.7 Å². The van der Waals surface area contributed by atoms with Gasteiger partial charge in [0, 0.05) is 69.7 Å². The van der Waals surface area contributed by atoms with Crippen molar-refractivity contribution in [3.05, 3.63) is 76.0 Å². The van der Waals surface area contributed by atoms with Crippen molar-refractivity contribution in [1.29, 1.82) is 0 Å². The Hall–Kier alpha value is -3.36. The summed E-state index contributed by atoms with van der Waals surface area (Å²) in [7, 11) is 1.76. The molecule has 2 saturated heterocycles. The second kappa shape index (κ2) is 12.0. The monoisotopic (exact) mass is 582 g/mol. The first-order valence-corrected chi connectivity index (χ1v) is 14.3. The maximum atomic E-state index is 13.6. The van der Waals surface area contributed by atoms with Crippen molar-refractivity contribution >= 4 is 40.9 Å². The number of likely N-dealkylation sites (N-methyl/N-ethyl adjacent to an activating group) is 1. The molecule has 8 nitrogen and oxygen atoms in total. The minimum absolute atomic E-state index is 0.0433. The van der Waals surface area contributed by atoms with Crippen molar-refractivity contribution in [3.63, 3.8) is 0 Å². The number of halogens is 2. The molecule has 3 amide bonds.